The Hall–Kier alpha value is -3.60. The number of aryl methyl sites for hydroxylation is 1. The van der Waals surface area contributed by atoms with Gasteiger partial charge in [0.1, 0.15) is 17.5 Å². The van der Waals surface area contributed by atoms with Gasteiger partial charge in [-0.1, -0.05) is 36.4 Å². The number of fused-ring (bicyclic) bond motifs is 1. The first-order chi connectivity index (χ1) is 14.7. The molecule has 0 saturated carbocycles. The number of benzene rings is 2. The van der Waals surface area contributed by atoms with Gasteiger partial charge in [0, 0.05) is 42.7 Å². The summed E-state index contributed by atoms with van der Waals surface area (Å²) in [7, 11) is 0. The highest BCUT2D eigenvalue weighted by molar-refractivity contribution is 5.71. The summed E-state index contributed by atoms with van der Waals surface area (Å²) in [6.07, 6.45) is 4.60. The van der Waals surface area contributed by atoms with E-state index in [0.29, 0.717) is 0 Å². The zero-order chi connectivity index (χ0) is 20.5. The lowest BCUT2D eigenvalue weighted by Gasteiger charge is -2.30. The van der Waals surface area contributed by atoms with Crippen molar-refractivity contribution in [1.82, 2.24) is 15.0 Å². The molecule has 0 amide bonds. The second-order valence-corrected chi connectivity index (χ2v) is 7.57. The second kappa shape index (κ2) is 7.67. The van der Waals surface area contributed by atoms with Crippen LogP contribution in [-0.4, -0.2) is 21.5 Å². The van der Waals surface area contributed by atoms with Crippen LogP contribution in [-0.2, 0) is 13.0 Å². The Labute approximate surface area is 175 Å². The molecule has 0 unspecified atom stereocenters. The molecule has 4 aromatic rings. The van der Waals surface area contributed by atoms with E-state index in [1.54, 1.807) is 18.3 Å². The minimum atomic E-state index is -0.248. The summed E-state index contributed by atoms with van der Waals surface area (Å²) >= 11 is 0. The zero-order valence-electron chi connectivity index (χ0n) is 16.7. The van der Waals surface area contributed by atoms with Crippen LogP contribution in [0.15, 0.2) is 73.1 Å². The van der Waals surface area contributed by atoms with Crippen LogP contribution >= 0.6 is 0 Å². The predicted octanol–water partition coefficient (Wildman–Crippen LogP) is 5.22. The van der Waals surface area contributed by atoms with Crippen molar-refractivity contribution in [3.05, 3.63) is 95.8 Å². The SMILES string of the molecule is Cc1nc(-c2cncc(-c3ccc(F)cc3)c2)cc(N2CCc3ccccc3C2)n1. The second-order valence-electron chi connectivity index (χ2n) is 7.57. The average molecular weight is 396 g/mol. The van der Waals surface area contributed by atoms with Gasteiger partial charge in [-0.2, -0.15) is 0 Å². The molecule has 0 N–H and O–H groups in total. The zero-order valence-corrected chi connectivity index (χ0v) is 16.7. The van der Waals surface area contributed by atoms with Gasteiger partial charge in [-0.05, 0) is 48.2 Å². The van der Waals surface area contributed by atoms with E-state index in [9.17, 15) is 4.39 Å². The van der Waals surface area contributed by atoms with E-state index < -0.39 is 0 Å². The predicted molar refractivity (Wildman–Crippen MR) is 117 cm³/mol. The van der Waals surface area contributed by atoms with Crippen LogP contribution in [0.25, 0.3) is 22.4 Å². The Morgan fingerprint density at radius 3 is 2.43 bits per heavy atom. The fourth-order valence-corrected chi connectivity index (χ4v) is 3.93. The van der Waals surface area contributed by atoms with Crippen molar-refractivity contribution >= 4 is 5.82 Å². The maximum Gasteiger partial charge on any atom is 0.133 e. The van der Waals surface area contributed by atoms with Gasteiger partial charge in [-0.15, -0.1) is 0 Å². The monoisotopic (exact) mass is 396 g/mol. The number of anilines is 1. The highest BCUT2D eigenvalue weighted by atomic mass is 19.1. The summed E-state index contributed by atoms with van der Waals surface area (Å²) in [6.45, 7) is 3.70. The quantitative estimate of drug-likeness (QED) is 0.476. The molecule has 30 heavy (non-hydrogen) atoms. The molecular formula is C25H21FN4. The van der Waals surface area contributed by atoms with Gasteiger partial charge in [0.25, 0.3) is 0 Å². The van der Waals surface area contributed by atoms with E-state index >= 15 is 0 Å². The third kappa shape index (κ3) is 3.66. The van der Waals surface area contributed by atoms with Crippen LogP contribution in [0.1, 0.15) is 17.0 Å². The highest BCUT2D eigenvalue weighted by Gasteiger charge is 2.18. The van der Waals surface area contributed by atoms with Crippen molar-refractivity contribution in [2.75, 3.05) is 11.4 Å². The van der Waals surface area contributed by atoms with Crippen molar-refractivity contribution in [1.29, 1.82) is 0 Å². The van der Waals surface area contributed by atoms with Gasteiger partial charge in [0.05, 0.1) is 5.69 Å². The molecule has 1 aliphatic rings. The first kappa shape index (κ1) is 18.4. The Balaban J connectivity index is 1.48. The van der Waals surface area contributed by atoms with E-state index in [1.165, 1.54) is 23.3 Å². The first-order valence-electron chi connectivity index (χ1n) is 10.0. The summed E-state index contributed by atoms with van der Waals surface area (Å²) in [6, 6.07) is 19.1. The Bertz CT molecular complexity index is 1200. The Kier molecular flexibility index (Phi) is 4.71. The molecule has 4 nitrogen and oxygen atoms in total. The minimum Gasteiger partial charge on any atom is -0.352 e. The first-order valence-corrected chi connectivity index (χ1v) is 10.0. The van der Waals surface area contributed by atoms with Crippen LogP contribution in [0.4, 0.5) is 10.2 Å². The van der Waals surface area contributed by atoms with Crippen LogP contribution < -0.4 is 4.90 Å². The van der Waals surface area contributed by atoms with Gasteiger partial charge >= 0.3 is 0 Å². The van der Waals surface area contributed by atoms with Crippen molar-refractivity contribution in [3.8, 4) is 22.4 Å². The van der Waals surface area contributed by atoms with Crippen molar-refractivity contribution in [2.24, 2.45) is 0 Å². The number of hydrogen-bond donors (Lipinski definition) is 0. The summed E-state index contributed by atoms with van der Waals surface area (Å²) in [5.74, 6) is 1.41. The molecule has 5 heteroatoms. The summed E-state index contributed by atoms with van der Waals surface area (Å²) in [5.41, 5.74) is 6.37. The highest BCUT2D eigenvalue weighted by Crippen LogP contribution is 2.28. The molecule has 0 bridgehead atoms. The lowest BCUT2D eigenvalue weighted by Crippen LogP contribution is -2.31. The summed E-state index contributed by atoms with van der Waals surface area (Å²) in [4.78, 5) is 16.1. The maximum absolute atomic E-state index is 13.3. The molecule has 0 saturated heterocycles. The third-order valence-corrected chi connectivity index (χ3v) is 5.49. The van der Waals surface area contributed by atoms with E-state index in [0.717, 1.165) is 53.5 Å². The number of aromatic nitrogens is 3. The van der Waals surface area contributed by atoms with E-state index in [-0.39, 0.29) is 5.82 Å². The largest absolute Gasteiger partial charge is 0.352 e. The molecule has 0 atom stereocenters. The lowest BCUT2D eigenvalue weighted by atomic mass is 10.00. The van der Waals surface area contributed by atoms with Gasteiger partial charge in [-0.25, -0.2) is 14.4 Å². The van der Waals surface area contributed by atoms with Gasteiger partial charge in [0.2, 0.25) is 0 Å². The molecule has 0 radical (unpaired) electrons. The number of halogens is 1. The molecule has 0 fully saturated rings. The summed E-state index contributed by atoms with van der Waals surface area (Å²) in [5, 5.41) is 0. The van der Waals surface area contributed by atoms with E-state index in [2.05, 4.69) is 39.1 Å². The van der Waals surface area contributed by atoms with Crippen LogP contribution in [0, 0.1) is 12.7 Å². The molecule has 1 aliphatic heterocycles. The molecule has 5 rings (SSSR count). The molecular weight excluding hydrogens is 375 g/mol. The molecule has 2 aromatic carbocycles. The molecule has 148 valence electrons. The standard InChI is InChI=1S/C25H21FN4/c1-17-28-24(22-12-21(14-27-15-22)19-6-8-23(26)9-7-19)13-25(29-17)30-11-10-18-4-2-3-5-20(18)16-30/h2-9,12-15H,10-11,16H2,1H3. The molecule has 3 heterocycles. The van der Waals surface area contributed by atoms with E-state index in [4.69, 9.17) is 4.98 Å². The Morgan fingerprint density at radius 2 is 1.60 bits per heavy atom. The topological polar surface area (TPSA) is 41.9 Å². The minimum absolute atomic E-state index is 0.248. The van der Waals surface area contributed by atoms with Crippen molar-refractivity contribution in [3.63, 3.8) is 0 Å². The molecule has 0 aliphatic carbocycles. The van der Waals surface area contributed by atoms with Crippen LogP contribution in [0.5, 0.6) is 0 Å². The molecule has 0 spiro atoms. The van der Waals surface area contributed by atoms with Crippen molar-refractivity contribution < 1.29 is 4.39 Å². The number of rotatable bonds is 3. The van der Waals surface area contributed by atoms with Crippen LogP contribution in [0.2, 0.25) is 0 Å². The van der Waals surface area contributed by atoms with Crippen molar-refractivity contribution in [2.45, 2.75) is 19.9 Å². The average Bonchev–Trinajstić information content (AvgIpc) is 2.79. The van der Waals surface area contributed by atoms with Gasteiger partial charge in [0.15, 0.2) is 0 Å². The lowest BCUT2D eigenvalue weighted by molar-refractivity contribution is 0.628. The fourth-order valence-electron chi connectivity index (χ4n) is 3.93. The van der Waals surface area contributed by atoms with Crippen LogP contribution in [0.3, 0.4) is 0 Å². The number of hydrogen-bond acceptors (Lipinski definition) is 4. The van der Waals surface area contributed by atoms with E-state index in [1.807, 2.05) is 25.3 Å². The Morgan fingerprint density at radius 1 is 0.833 bits per heavy atom. The number of nitrogens with zero attached hydrogens (tertiary/aromatic N) is 4. The summed E-state index contributed by atoms with van der Waals surface area (Å²) < 4.78 is 13.3. The maximum atomic E-state index is 13.3. The molecule has 2 aromatic heterocycles. The normalized spacial score (nSPS) is 13.2. The third-order valence-electron chi connectivity index (χ3n) is 5.49. The van der Waals surface area contributed by atoms with Gasteiger partial charge in [-0.3, -0.25) is 4.98 Å². The fraction of sp³-hybridized carbons (Fsp3) is 0.160. The smallest absolute Gasteiger partial charge is 0.133 e. The van der Waals surface area contributed by atoms with Gasteiger partial charge < -0.3 is 4.90 Å². The number of pyridine rings is 1.